The highest BCUT2D eigenvalue weighted by Gasteiger charge is 2.28. The minimum absolute atomic E-state index is 0.223. The molecule has 152 valence electrons. The lowest BCUT2D eigenvalue weighted by molar-refractivity contribution is -0.122. The zero-order valence-electron chi connectivity index (χ0n) is 16.0. The molecule has 1 amide bonds. The van der Waals surface area contributed by atoms with Crippen LogP contribution < -0.4 is 9.62 Å². The first-order valence-corrected chi connectivity index (χ1v) is 10.7. The van der Waals surface area contributed by atoms with E-state index >= 15 is 0 Å². The van der Waals surface area contributed by atoms with Crippen molar-refractivity contribution in [3.63, 3.8) is 0 Å². The first-order chi connectivity index (χ1) is 13.8. The van der Waals surface area contributed by atoms with Crippen molar-refractivity contribution in [2.75, 3.05) is 10.6 Å². The van der Waals surface area contributed by atoms with Crippen LogP contribution in [0.4, 0.5) is 10.1 Å². The molecule has 7 nitrogen and oxygen atoms in total. The van der Waals surface area contributed by atoms with Crippen LogP contribution in [0.3, 0.4) is 0 Å². The lowest BCUT2D eigenvalue weighted by Gasteiger charge is -2.28. The van der Waals surface area contributed by atoms with Gasteiger partial charge in [-0.05, 0) is 48.9 Å². The van der Waals surface area contributed by atoms with Crippen LogP contribution in [0.15, 0.2) is 67.3 Å². The normalized spacial score (nSPS) is 12.4. The molecule has 1 atom stereocenters. The number of amides is 1. The molecule has 1 heterocycles. The van der Waals surface area contributed by atoms with Crippen molar-refractivity contribution in [3.8, 4) is 5.69 Å². The van der Waals surface area contributed by atoms with Crippen LogP contribution in [0.25, 0.3) is 5.69 Å². The molecule has 0 saturated carbocycles. The lowest BCUT2D eigenvalue weighted by Crippen LogP contribution is -2.47. The fourth-order valence-electron chi connectivity index (χ4n) is 2.93. The minimum Gasteiger partial charge on any atom is -0.350 e. The molecule has 9 heteroatoms. The summed E-state index contributed by atoms with van der Waals surface area (Å²) in [6, 6.07) is 11.5. The Bertz CT molecular complexity index is 1070. The number of benzene rings is 2. The van der Waals surface area contributed by atoms with E-state index < -0.39 is 27.8 Å². The van der Waals surface area contributed by atoms with Crippen LogP contribution in [0.1, 0.15) is 12.5 Å². The Kier molecular flexibility index (Phi) is 5.97. The molecule has 1 aromatic heterocycles. The highest BCUT2D eigenvalue weighted by atomic mass is 32.2. The van der Waals surface area contributed by atoms with Gasteiger partial charge in [-0.25, -0.2) is 17.8 Å². The molecule has 0 aliphatic heterocycles. The number of hydrogen-bond acceptors (Lipinski definition) is 4. The van der Waals surface area contributed by atoms with Crippen molar-refractivity contribution in [2.45, 2.75) is 19.5 Å². The minimum atomic E-state index is -3.75. The summed E-state index contributed by atoms with van der Waals surface area (Å²) >= 11 is 0. The molecule has 29 heavy (non-hydrogen) atoms. The Morgan fingerprint density at radius 1 is 1.17 bits per heavy atom. The first-order valence-electron chi connectivity index (χ1n) is 8.85. The van der Waals surface area contributed by atoms with E-state index in [0.29, 0.717) is 0 Å². The van der Waals surface area contributed by atoms with Crippen molar-refractivity contribution in [3.05, 3.63) is 78.6 Å². The SMILES string of the molecule is C[C@H](C(=O)NCc1ccc(-n2ccnc2)cc1)N(c1ccc(F)cc1)S(C)(=O)=O. The highest BCUT2D eigenvalue weighted by Crippen LogP contribution is 2.21. The summed E-state index contributed by atoms with van der Waals surface area (Å²) in [5, 5.41) is 2.75. The maximum absolute atomic E-state index is 13.2. The van der Waals surface area contributed by atoms with Gasteiger partial charge in [-0.1, -0.05) is 12.1 Å². The number of imidazole rings is 1. The number of nitrogens with one attached hydrogen (secondary N) is 1. The summed E-state index contributed by atoms with van der Waals surface area (Å²) in [6.45, 7) is 1.73. The van der Waals surface area contributed by atoms with E-state index in [4.69, 9.17) is 0 Å². The van der Waals surface area contributed by atoms with E-state index in [2.05, 4.69) is 10.3 Å². The van der Waals surface area contributed by atoms with Crippen molar-refractivity contribution in [2.24, 2.45) is 0 Å². The Morgan fingerprint density at radius 2 is 1.83 bits per heavy atom. The van der Waals surface area contributed by atoms with Gasteiger partial charge in [0.15, 0.2) is 0 Å². The van der Waals surface area contributed by atoms with Crippen LogP contribution in [0.5, 0.6) is 0 Å². The van der Waals surface area contributed by atoms with Gasteiger partial charge in [0, 0.05) is 24.6 Å². The number of halogens is 1. The lowest BCUT2D eigenvalue weighted by atomic mass is 10.2. The average Bonchev–Trinajstić information content (AvgIpc) is 3.22. The van der Waals surface area contributed by atoms with Gasteiger partial charge in [0.1, 0.15) is 11.9 Å². The summed E-state index contributed by atoms with van der Waals surface area (Å²) in [4.78, 5) is 16.6. The Balaban J connectivity index is 1.69. The molecule has 3 rings (SSSR count). The summed E-state index contributed by atoms with van der Waals surface area (Å²) in [5.41, 5.74) is 2.02. The Morgan fingerprint density at radius 3 is 2.38 bits per heavy atom. The van der Waals surface area contributed by atoms with Gasteiger partial charge in [0.05, 0.1) is 18.3 Å². The number of sulfonamides is 1. The number of carbonyl (C=O) groups excluding carboxylic acids is 1. The number of aromatic nitrogens is 2. The third-order valence-corrected chi connectivity index (χ3v) is 5.62. The zero-order valence-corrected chi connectivity index (χ0v) is 16.8. The molecule has 0 spiro atoms. The first kappa shape index (κ1) is 20.5. The fourth-order valence-corrected chi connectivity index (χ4v) is 4.11. The maximum atomic E-state index is 13.2. The predicted molar refractivity (Wildman–Crippen MR) is 109 cm³/mol. The summed E-state index contributed by atoms with van der Waals surface area (Å²) in [5.74, 6) is -0.947. The van der Waals surface area contributed by atoms with Gasteiger partial charge in [0.2, 0.25) is 15.9 Å². The van der Waals surface area contributed by atoms with Crippen molar-refractivity contribution < 1.29 is 17.6 Å². The summed E-state index contributed by atoms with van der Waals surface area (Å²) in [7, 11) is -3.75. The van der Waals surface area contributed by atoms with E-state index in [1.807, 2.05) is 35.0 Å². The van der Waals surface area contributed by atoms with Crippen LogP contribution in [0, 0.1) is 5.82 Å². The van der Waals surface area contributed by atoms with Crippen LogP contribution in [-0.4, -0.2) is 36.2 Å². The van der Waals surface area contributed by atoms with E-state index in [-0.39, 0.29) is 12.2 Å². The molecular formula is C20H21FN4O3S. The van der Waals surface area contributed by atoms with Crippen molar-refractivity contribution in [1.82, 2.24) is 14.9 Å². The van der Waals surface area contributed by atoms with Gasteiger partial charge in [-0.15, -0.1) is 0 Å². The average molecular weight is 416 g/mol. The van der Waals surface area contributed by atoms with Crippen molar-refractivity contribution in [1.29, 1.82) is 0 Å². The molecule has 0 fully saturated rings. The number of carbonyl (C=O) groups is 1. The quantitative estimate of drug-likeness (QED) is 0.641. The number of anilines is 1. The van der Waals surface area contributed by atoms with Gasteiger partial charge in [-0.3, -0.25) is 9.10 Å². The third kappa shape index (κ3) is 5.00. The fraction of sp³-hybridized carbons (Fsp3) is 0.200. The van der Waals surface area contributed by atoms with E-state index in [0.717, 1.165) is 33.9 Å². The number of rotatable bonds is 7. The van der Waals surface area contributed by atoms with Gasteiger partial charge < -0.3 is 9.88 Å². The molecule has 2 aromatic carbocycles. The molecule has 0 bridgehead atoms. The number of hydrogen-bond donors (Lipinski definition) is 1. The van der Waals surface area contributed by atoms with E-state index in [9.17, 15) is 17.6 Å². The zero-order chi connectivity index (χ0) is 21.0. The summed E-state index contributed by atoms with van der Waals surface area (Å²) in [6.07, 6.45) is 6.21. The van der Waals surface area contributed by atoms with Crippen LogP contribution in [-0.2, 0) is 21.4 Å². The molecule has 0 aliphatic carbocycles. The topological polar surface area (TPSA) is 84.3 Å². The second-order valence-electron chi connectivity index (χ2n) is 6.57. The molecule has 0 saturated heterocycles. The Hall–Kier alpha value is -3.20. The van der Waals surface area contributed by atoms with Gasteiger partial charge in [0.25, 0.3) is 0 Å². The van der Waals surface area contributed by atoms with E-state index in [1.165, 1.54) is 19.1 Å². The van der Waals surface area contributed by atoms with E-state index in [1.54, 1.807) is 12.5 Å². The van der Waals surface area contributed by atoms with Crippen LogP contribution >= 0.6 is 0 Å². The smallest absolute Gasteiger partial charge is 0.243 e. The van der Waals surface area contributed by atoms with Crippen molar-refractivity contribution >= 4 is 21.6 Å². The molecule has 1 N–H and O–H groups in total. The van der Waals surface area contributed by atoms with Gasteiger partial charge in [-0.2, -0.15) is 0 Å². The summed E-state index contributed by atoms with van der Waals surface area (Å²) < 4.78 is 40.5. The molecular weight excluding hydrogens is 395 g/mol. The standard InChI is InChI=1S/C20H21FN4O3S/c1-15(25(29(2,27)28)19-9-5-17(21)6-10-19)20(26)23-13-16-3-7-18(8-4-16)24-12-11-22-14-24/h3-12,14-15H,13H2,1-2H3,(H,23,26)/t15-/m1/s1. The molecule has 0 aliphatic rings. The molecule has 3 aromatic rings. The molecule has 0 unspecified atom stereocenters. The second kappa shape index (κ2) is 8.44. The predicted octanol–water partition coefficient (Wildman–Crippen LogP) is 2.48. The maximum Gasteiger partial charge on any atom is 0.243 e. The largest absolute Gasteiger partial charge is 0.350 e. The molecule has 0 radical (unpaired) electrons. The highest BCUT2D eigenvalue weighted by molar-refractivity contribution is 7.92. The second-order valence-corrected chi connectivity index (χ2v) is 8.42. The third-order valence-electron chi connectivity index (χ3n) is 4.38. The van der Waals surface area contributed by atoms with Gasteiger partial charge >= 0.3 is 0 Å². The number of nitrogens with zero attached hydrogens (tertiary/aromatic N) is 3. The monoisotopic (exact) mass is 416 g/mol. The Labute approximate surface area is 168 Å². The van der Waals surface area contributed by atoms with Crippen LogP contribution in [0.2, 0.25) is 0 Å².